The van der Waals surface area contributed by atoms with Gasteiger partial charge in [0.05, 0.1) is 0 Å². The van der Waals surface area contributed by atoms with Gasteiger partial charge in [-0.1, -0.05) is 0 Å². The SMILES string of the molecule is Cn1ccnc(NC(C2CC2)C2CC2)c1=O. The lowest BCUT2D eigenvalue weighted by atomic mass is 10.1. The second-order valence-corrected chi connectivity index (χ2v) is 5.04. The summed E-state index contributed by atoms with van der Waals surface area (Å²) in [5.41, 5.74) is -0.0196. The molecule has 4 heteroatoms. The van der Waals surface area contributed by atoms with Crippen LogP contribution in [-0.2, 0) is 7.05 Å². The molecule has 2 saturated carbocycles. The number of aromatic nitrogens is 2. The van der Waals surface area contributed by atoms with Crippen LogP contribution in [0.15, 0.2) is 17.2 Å². The average Bonchev–Trinajstić information content (AvgIpc) is 3.15. The molecule has 2 fully saturated rings. The summed E-state index contributed by atoms with van der Waals surface area (Å²) in [5, 5.41) is 3.37. The van der Waals surface area contributed by atoms with E-state index in [0.29, 0.717) is 11.9 Å². The number of anilines is 1. The van der Waals surface area contributed by atoms with Crippen molar-refractivity contribution in [2.24, 2.45) is 18.9 Å². The van der Waals surface area contributed by atoms with Crippen molar-refractivity contribution in [2.75, 3.05) is 5.32 Å². The van der Waals surface area contributed by atoms with E-state index in [9.17, 15) is 4.79 Å². The summed E-state index contributed by atoms with van der Waals surface area (Å²) in [6, 6.07) is 0.489. The molecule has 0 amide bonds. The molecule has 0 unspecified atom stereocenters. The van der Waals surface area contributed by atoms with E-state index >= 15 is 0 Å². The molecule has 0 bridgehead atoms. The molecule has 1 heterocycles. The van der Waals surface area contributed by atoms with Crippen LogP contribution >= 0.6 is 0 Å². The second-order valence-electron chi connectivity index (χ2n) is 5.04. The first-order chi connectivity index (χ1) is 7.75. The van der Waals surface area contributed by atoms with Gasteiger partial charge in [0, 0.05) is 25.5 Å². The van der Waals surface area contributed by atoms with E-state index in [1.807, 2.05) is 0 Å². The predicted octanol–water partition coefficient (Wildman–Crippen LogP) is 1.38. The number of hydrogen-bond acceptors (Lipinski definition) is 3. The van der Waals surface area contributed by atoms with E-state index in [1.54, 1.807) is 24.0 Å². The highest BCUT2D eigenvalue weighted by Gasteiger charge is 2.41. The summed E-state index contributed by atoms with van der Waals surface area (Å²) in [7, 11) is 1.76. The van der Waals surface area contributed by atoms with Crippen LogP contribution in [0.4, 0.5) is 5.82 Å². The summed E-state index contributed by atoms with van der Waals surface area (Å²) in [6.45, 7) is 0. The van der Waals surface area contributed by atoms with Crippen LogP contribution in [0.5, 0.6) is 0 Å². The summed E-state index contributed by atoms with van der Waals surface area (Å²) >= 11 is 0. The maximum Gasteiger partial charge on any atom is 0.293 e. The molecular formula is C12H17N3O. The molecule has 2 aliphatic carbocycles. The summed E-state index contributed by atoms with van der Waals surface area (Å²) in [5.74, 6) is 2.08. The van der Waals surface area contributed by atoms with Gasteiger partial charge in [0.25, 0.3) is 5.56 Å². The van der Waals surface area contributed by atoms with Crippen LogP contribution in [0.3, 0.4) is 0 Å². The smallest absolute Gasteiger partial charge is 0.293 e. The van der Waals surface area contributed by atoms with Crippen molar-refractivity contribution in [1.82, 2.24) is 9.55 Å². The molecule has 0 atom stereocenters. The Labute approximate surface area is 94.7 Å². The Hall–Kier alpha value is -1.32. The van der Waals surface area contributed by atoms with Crippen molar-refractivity contribution in [3.63, 3.8) is 0 Å². The minimum atomic E-state index is -0.0196. The Balaban J connectivity index is 1.81. The van der Waals surface area contributed by atoms with Gasteiger partial charge in [0.1, 0.15) is 0 Å². The summed E-state index contributed by atoms with van der Waals surface area (Å²) in [4.78, 5) is 16.0. The van der Waals surface area contributed by atoms with Gasteiger partial charge in [0.2, 0.25) is 0 Å². The Morgan fingerprint density at radius 3 is 2.56 bits per heavy atom. The van der Waals surface area contributed by atoms with Gasteiger partial charge in [-0.2, -0.15) is 0 Å². The molecule has 0 aromatic carbocycles. The van der Waals surface area contributed by atoms with E-state index in [0.717, 1.165) is 11.8 Å². The minimum Gasteiger partial charge on any atom is -0.362 e. The topological polar surface area (TPSA) is 46.9 Å². The monoisotopic (exact) mass is 219 g/mol. The van der Waals surface area contributed by atoms with Gasteiger partial charge in [-0.3, -0.25) is 4.79 Å². The van der Waals surface area contributed by atoms with Gasteiger partial charge >= 0.3 is 0 Å². The van der Waals surface area contributed by atoms with E-state index in [-0.39, 0.29) is 5.56 Å². The van der Waals surface area contributed by atoms with Gasteiger partial charge < -0.3 is 9.88 Å². The zero-order valence-electron chi connectivity index (χ0n) is 9.52. The Morgan fingerprint density at radius 1 is 1.38 bits per heavy atom. The fraction of sp³-hybridized carbons (Fsp3) is 0.667. The molecule has 0 aliphatic heterocycles. The normalized spacial score (nSPS) is 20.1. The summed E-state index contributed by atoms with van der Waals surface area (Å²) in [6.07, 6.45) is 8.60. The molecule has 0 spiro atoms. The Bertz CT molecular complexity index is 434. The van der Waals surface area contributed by atoms with E-state index < -0.39 is 0 Å². The van der Waals surface area contributed by atoms with Crippen LogP contribution in [0, 0.1) is 11.8 Å². The standard InChI is InChI=1S/C12H17N3O/c1-15-7-6-13-11(12(15)16)14-10(8-2-3-8)9-4-5-9/h6-10H,2-5H2,1H3,(H,13,14). The van der Waals surface area contributed by atoms with Crippen molar-refractivity contribution in [3.8, 4) is 0 Å². The highest BCUT2D eigenvalue weighted by atomic mass is 16.1. The van der Waals surface area contributed by atoms with E-state index in [1.165, 1.54) is 25.7 Å². The minimum absolute atomic E-state index is 0.0196. The third-order valence-electron chi connectivity index (χ3n) is 3.58. The van der Waals surface area contributed by atoms with Gasteiger partial charge in [-0.15, -0.1) is 0 Å². The van der Waals surface area contributed by atoms with Crippen LogP contribution < -0.4 is 10.9 Å². The fourth-order valence-electron chi connectivity index (χ4n) is 2.29. The Morgan fingerprint density at radius 2 is 2.00 bits per heavy atom. The highest BCUT2D eigenvalue weighted by molar-refractivity contribution is 5.34. The van der Waals surface area contributed by atoms with Crippen molar-refractivity contribution in [2.45, 2.75) is 31.7 Å². The molecule has 1 aromatic heterocycles. The van der Waals surface area contributed by atoms with E-state index in [2.05, 4.69) is 10.3 Å². The number of hydrogen-bond donors (Lipinski definition) is 1. The van der Waals surface area contributed by atoms with Crippen molar-refractivity contribution >= 4 is 5.82 Å². The lowest BCUT2D eigenvalue weighted by Gasteiger charge is -2.17. The molecule has 0 saturated heterocycles. The third kappa shape index (κ3) is 1.84. The second kappa shape index (κ2) is 3.61. The zero-order valence-corrected chi connectivity index (χ0v) is 9.52. The van der Waals surface area contributed by atoms with Gasteiger partial charge in [-0.05, 0) is 37.5 Å². The molecule has 0 radical (unpaired) electrons. The average molecular weight is 219 g/mol. The zero-order chi connectivity index (χ0) is 11.1. The summed E-state index contributed by atoms with van der Waals surface area (Å²) < 4.78 is 1.58. The first-order valence-corrected chi connectivity index (χ1v) is 6.04. The lowest BCUT2D eigenvalue weighted by molar-refractivity contribution is 0.563. The number of aryl methyl sites for hydroxylation is 1. The largest absolute Gasteiger partial charge is 0.362 e. The van der Waals surface area contributed by atoms with Crippen molar-refractivity contribution in [1.29, 1.82) is 0 Å². The maximum atomic E-state index is 11.8. The van der Waals surface area contributed by atoms with Crippen molar-refractivity contribution < 1.29 is 0 Å². The van der Waals surface area contributed by atoms with Crippen molar-refractivity contribution in [3.05, 3.63) is 22.7 Å². The first-order valence-electron chi connectivity index (χ1n) is 6.04. The van der Waals surface area contributed by atoms with Crippen LogP contribution in [0.25, 0.3) is 0 Å². The van der Waals surface area contributed by atoms with Gasteiger partial charge in [0.15, 0.2) is 5.82 Å². The van der Waals surface area contributed by atoms with Crippen LogP contribution in [0.2, 0.25) is 0 Å². The highest BCUT2D eigenvalue weighted by Crippen LogP contribution is 2.45. The lowest BCUT2D eigenvalue weighted by Crippen LogP contribution is -2.30. The van der Waals surface area contributed by atoms with Gasteiger partial charge in [-0.25, -0.2) is 4.98 Å². The predicted molar refractivity (Wildman–Crippen MR) is 62.3 cm³/mol. The first kappa shape index (κ1) is 9.87. The quantitative estimate of drug-likeness (QED) is 0.832. The fourth-order valence-corrected chi connectivity index (χ4v) is 2.29. The molecule has 4 nitrogen and oxygen atoms in total. The Kier molecular flexibility index (Phi) is 2.23. The van der Waals surface area contributed by atoms with E-state index in [4.69, 9.17) is 0 Å². The number of nitrogens with one attached hydrogen (secondary N) is 1. The molecule has 1 aromatic rings. The molecule has 1 N–H and O–H groups in total. The molecule has 86 valence electrons. The molecule has 2 aliphatic rings. The molecular weight excluding hydrogens is 202 g/mol. The maximum absolute atomic E-state index is 11.8. The van der Waals surface area contributed by atoms with Crippen LogP contribution in [-0.4, -0.2) is 15.6 Å². The third-order valence-corrected chi connectivity index (χ3v) is 3.58. The number of rotatable bonds is 4. The number of nitrogens with zero attached hydrogens (tertiary/aromatic N) is 2. The molecule has 3 rings (SSSR count). The van der Waals surface area contributed by atoms with Crippen LogP contribution in [0.1, 0.15) is 25.7 Å². The molecule has 16 heavy (non-hydrogen) atoms.